The number of ketones is 1. The van der Waals surface area contributed by atoms with E-state index in [0.29, 0.717) is 30.9 Å². The first-order valence-corrected chi connectivity index (χ1v) is 16.5. The highest BCUT2D eigenvalue weighted by Gasteiger charge is 2.32. The zero-order valence-corrected chi connectivity index (χ0v) is 27.0. The van der Waals surface area contributed by atoms with Crippen molar-refractivity contribution in [2.24, 2.45) is 5.92 Å². The van der Waals surface area contributed by atoms with Gasteiger partial charge in [0.25, 0.3) is 0 Å². The van der Waals surface area contributed by atoms with Crippen molar-refractivity contribution in [2.45, 2.75) is 56.8 Å². The van der Waals surface area contributed by atoms with Crippen LogP contribution in [0.2, 0.25) is 0 Å². The van der Waals surface area contributed by atoms with Crippen LogP contribution in [0.25, 0.3) is 11.1 Å². The molecule has 11 heteroatoms. The van der Waals surface area contributed by atoms with Crippen molar-refractivity contribution < 1.29 is 37.3 Å². The zero-order valence-electron chi connectivity index (χ0n) is 26.1. The maximum Gasteiger partial charge on any atom is 0.407 e. The number of ether oxygens (including phenoxy) is 3. The SMILES string of the molecule is COc1ccc(S(=O)(=O)N(CC(C)C)C[C@@H](O)[C@H](Cc2ccc(-c3ccc(C(C)=O)cc3)cc2)NC(=O)O[C@H]2CCOC2)cc1. The van der Waals surface area contributed by atoms with E-state index >= 15 is 0 Å². The smallest absolute Gasteiger partial charge is 0.407 e. The summed E-state index contributed by atoms with van der Waals surface area (Å²) in [6, 6.07) is 20.2. The number of hydrogen-bond acceptors (Lipinski definition) is 8. The molecule has 0 aromatic heterocycles. The van der Waals surface area contributed by atoms with Crippen molar-refractivity contribution in [1.29, 1.82) is 0 Å². The average molecular weight is 639 g/mol. The van der Waals surface area contributed by atoms with Crippen molar-refractivity contribution in [3.05, 3.63) is 83.9 Å². The normalized spacial score (nSPS) is 16.4. The molecule has 2 N–H and O–H groups in total. The van der Waals surface area contributed by atoms with Gasteiger partial charge in [-0.1, -0.05) is 62.4 Å². The molecule has 3 atom stereocenters. The predicted octanol–water partition coefficient (Wildman–Crippen LogP) is 4.70. The number of aliphatic hydroxyl groups is 1. The maximum atomic E-state index is 13.7. The van der Waals surface area contributed by atoms with Crippen LogP contribution in [0.5, 0.6) is 5.75 Å². The van der Waals surface area contributed by atoms with Gasteiger partial charge in [0.2, 0.25) is 10.0 Å². The number of sulfonamides is 1. The first-order valence-electron chi connectivity index (χ1n) is 15.0. The Morgan fingerprint density at radius 1 is 0.978 bits per heavy atom. The molecule has 4 rings (SSSR count). The molecule has 0 bridgehead atoms. The van der Waals surface area contributed by atoms with Crippen molar-refractivity contribution in [2.75, 3.05) is 33.4 Å². The summed E-state index contributed by atoms with van der Waals surface area (Å²) in [5.74, 6) is 0.497. The number of hydrogen-bond donors (Lipinski definition) is 2. The Bertz CT molecular complexity index is 1520. The minimum Gasteiger partial charge on any atom is -0.497 e. The summed E-state index contributed by atoms with van der Waals surface area (Å²) >= 11 is 0. The highest BCUT2D eigenvalue weighted by atomic mass is 32.2. The minimum atomic E-state index is -3.98. The van der Waals surface area contributed by atoms with E-state index in [2.05, 4.69) is 5.32 Å². The highest BCUT2D eigenvalue weighted by Crippen LogP contribution is 2.24. The van der Waals surface area contributed by atoms with Crippen molar-refractivity contribution in [3.8, 4) is 16.9 Å². The summed E-state index contributed by atoms with van der Waals surface area (Å²) < 4.78 is 44.6. The van der Waals surface area contributed by atoms with E-state index in [1.54, 1.807) is 24.3 Å². The van der Waals surface area contributed by atoms with Crippen LogP contribution >= 0.6 is 0 Å². The Morgan fingerprint density at radius 2 is 1.60 bits per heavy atom. The van der Waals surface area contributed by atoms with Crippen LogP contribution in [0.15, 0.2) is 77.7 Å². The predicted molar refractivity (Wildman–Crippen MR) is 171 cm³/mol. The Balaban J connectivity index is 1.55. The lowest BCUT2D eigenvalue weighted by Gasteiger charge is -2.30. The van der Waals surface area contributed by atoms with Gasteiger partial charge in [-0.15, -0.1) is 0 Å². The number of alkyl carbamates (subject to hydrolysis) is 1. The van der Waals surface area contributed by atoms with Gasteiger partial charge in [-0.3, -0.25) is 4.79 Å². The standard InChI is InChI=1S/C34H42N2O8S/c1-23(2)20-36(45(40,41)31-15-13-29(42-4)14-16-31)21-33(38)32(35-34(39)44-30-17-18-43-22-30)19-25-5-7-27(8-6-25)28-11-9-26(10-12-28)24(3)37/h5-16,23,30,32-33,38H,17-22H2,1-4H3,(H,35,39)/t30-,32-,33+/m0/s1. The largest absolute Gasteiger partial charge is 0.497 e. The molecule has 45 heavy (non-hydrogen) atoms. The summed E-state index contributed by atoms with van der Waals surface area (Å²) in [7, 11) is -2.48. The molecule has 0 saturated carbocycles. The van der Waals surface area contributed by atoms with E-state index < -0.39 is 28.3 Å². The summed E-state index contributed by atoms with van der Waals surface area (Å²) in [5.41, 5.74) is 3.33. The summed E-state index contributed by atoms with van der Waals surface area (Å²) in [6.07, 6.45) is -1.55. The molecule has 10 nitrogen and oxygen atoms in total. The number of carbonyl (C=O) groups is 2. The molecule has 1 fully saturated rings. The van der Waals surface area contributed by atoms with Crippen molar-refractivity contribution in [1.82, 2.24) is 9.62 Å². The minimum absolute atomic E-state index is 0.00302. The number of benzene rings is 3. The number of nitrogens with one attached hydrogen (secondary N) is 1. The number of Topliss-reactive ketones (excluding diaryl/α,β-unsaturated/α-hetero) is 1. The molecule has 242 valence electrons. The molecular weight excluding hydrogens is 596 g/mol. The third-order valence-corrected chi connectivity index (χ3v) is 9.47. The maximum absolute atomic E-state index is 13.7. The van der Waals surface area contributed by atoms with Gasteiger partial charge in [0, 0.05) is 25.1 Å². The van der Waals surface area contributed by atoms with Crippen molar-refractivity contribution in [3.63, 3.8) is 0 Å². The molecule has 3 aromatic rings. The molecule has 0 unspecified atom stereocenters. The summed E-state index contributed by atoms with van der Waals surface area (Å²) in [4.78, 5) is 24.6. The van der Waals surface area contributed by atoms with Gasteiger partial charge >= 0.3 is 6.09 Å². The second kappa shape index (κ2) is 15.5. The van der Waals surface area contributed by atoms with Crippen LogP contribution in [-0.4, -0.2) is 81.4 Å². The van der Waals surface area contributed by atoms with Crippen LogP contribution < -0.4 is 10.1 Å². The van der Waals surface area contributed by atoms with E-state index in [1.807, 2.05) is 50.2 Å². The van der Waals surface area contributed by atoms with Crippen LogP contribution in [0.4, 0.5) is 4.79 Å². The Morgan fingerprint density at radius 3 is 2.13 bits per heavy atom. The number of rotatable bonds is 14. The van der Waals surface area contributed by atoms with Crippen LogP contribution in [0.1, 0.15) is 43.1 Å². The Labute approximate surface area is 265 Å². The van der Waals surface area contributed by atoms with Gasteiger partial charge in [-0.25, -0.2) is 13.2 Å². The average Bonchev–Trinajstić information content (AvgIpc) is 3.53. The molecule has 1 aliphatic heterocycles. The molecule has 1 amide bonds. The lowest BCUT2D eigenvalue weighted by molar-refractivity contribution is 0.0644. The second-order valence-corrected chi connectivity index (χ2v) is 13.6. The molecule has 1 aliphatic rings. The van der Waals surface area contributed by atoms with Crippen LogP contribution in [0, 0.1) is 5.92 Å². The fourth-order valence-corrected chi connectivity index (χ4v) is 6.74. The first-order chi connectivity index (χ1) is 21.5. The van der Waals surface area contributed by atoms with Gasteiger partial charge in [0.15, 0.2) is 5.78 Å². The fourth-order valence-electron chi connectivity index (χ4n) is 5.12. The monoisotopic (exact) mass is 638 g/mol. The number of carbonyl (C=O) groups excluding carboxylic acids is 2. The van der Waals surface area contributed by atoms with E-state index in [9.17, 15) is 23.1 Å². The Hall–Kier alpha value is -3.77. The van der Waals surface area contributed by atoms with E-state index in [-0.39, 0.29) is 42.2 Å². The topological polar surface area (TPSA) is 131 Å². The zero-order chi connectivity index (χ0) is 32.6. The number of nitrogens with zero attached hydrogens (tertiary/aromatic N) is 1. The number of amides is 1. The third kappa shape index (κ3) is 9.37. The molecule has 3 aromatic carbocycles. The van der Waals surface area contributed by atoms with Gasteiger partial charge in [-0.05, 0) is 60.2 Å². The van der Waals surface area contributed by atoms with Crippen LogP contribution in [-0.2, 0) is 25.9 Å². The van der Waals surface area contributed by atoms with Gasteiger partial charge in [0.1, 0.15) is 11.9 Å². The molecule has 0 aliphatic carbocycles. The molecular formula is C34H42N2O8S. The molecule has 1 saturated heterocycles. The fraction of sp³-hybridized carbons (Fsp3) is 0.412. The van der Waals surface area contributed by atoms with Crippen LogP contribution in [0.3, 0.4) is 0 Å². The van der Waals surface area contributed by atoms with E-state index in [1.165, 1.54) is 30.5 Å². The van der Waals surface area contributed by atoms with E-state index in [4.69, 9.17) is 14.2 Å². The number of methoxy groups -OCH3 is 1. The highest BCUT2D eigenvalue weighted by molar-refractivity contribution is 7.89. The van der Waals surface area contributed by atoms with Gasteiger partial charge in [0.05, 0.1) is 37.4 Å². The lowest BCUT2D eigenvalue weighted by Crippen LogP contribution is -2.51. The van der Waals surface area contributed by atoms with Gasteiger partial charge < -0.3 is 24.6 Å². The second-order valence-electron chi connectivity index (χ2n) is 11.6. The summed E-state index contributed by atoms with van der Waals surface area (Å²) in [5, 5.41) is 14.3. The lowest BCUT2D eigenvalue weighted by atomic mass is 9.97. The third-order valence-electron chi connectivity index (χ3n) is 7.62. The molecule has 0 spiro atoms. The molecule has 1 heterocycles. The quantitative estimate of drug-likeness (QED) is 0.243. The van der Waals surface area contributed by atoms with Crippen molar-refractivity contribution >= 4 is 21.9 Å². The van der Waals surface area contributed by atoms with E-state index in [0.717, 1.165) is 16.7 Å². The van der Waals surface area contributed by atoms with Gasteiger partial charge in [-0.2, -0.15) is 4.31 Å². The number of aliphatic hydroxyl groups excluding tert-OH is 1. The Kier molecular flexibility index (Phi) is 11.7. The first kappa shape index (κ1) is 34.1. The summed E-state index contributed by atoms with van der Waals surface area (Å²) in [6.45, 7) is 6.04. The molecule has 0 radical (unpaired) electrons.